The van der Waals surface area contributed by atoms with Crippen LogP contribution in [0.3, 0.4) is 0 Å². The first-order valence-electron chi connectivity index (χ1n) is 4.64. The van der Waals surface area contributed by atoms with Crippen molar-refractivity contribution < 1.29 is 19.5 Å². The minimum atomic E-state index is 0. The summed E-state index contributed by atoms with van der Waals surface area (Å²) in [6.07, 6.45) is 0. The third-order valence-corrected chi connectivity index (χ3v) is 1.77. The van der Waals surface area contributed by atoms with E-state index < -0.39 is 0 Å². The van der Waals surface area contributed by atoms with Crippen LogP contribution in [0.15, 0.2) is 48.5 Å². The fourth-order valence-corrected chi connectivity index (χ4v) is 0.940. The quantitative estimate of drug-likeness (QED) is 0.512. The van der Waals surface area contributed by atoms with Gasteiger partial charge >= 0.3 is 19.5 Å². The summed E-state index contributed by atoms with van der Waals surface area (Å²) in [6.45, 7) is 4.13. The monoisotopic (exact) mass is 284 g/mol. The van der Waals surface area contributed by atoms with Crippen molar-refractivity contribution in [3.63, 3.8) is 0 Å². The van der Waals surface area contributed by atoms with Gasteiger partial charge in [0, 0.05) is 0 Å². The third-order valence-electron chi connectivity index (χ3n) is 1.77. The van der Waals surface area contributed by atoms with E-state index in [1.165, 1.54) is 11.1 Å². The molecule has 0 amide bonds. The average molecular weight is 283 g/mol. The molecule has 1 heteroatoms. The smallest absolute Gasteiger partial charge is 0.184 e. The SMILES string of the molecule is Cc1cc[c-]cc1.Cc1cc[c-]cc1.[Ru+2]. The summed E-state index contributed by atoms with van der Waals surface area (Å²) in [5.74, 6) is 0. The molecule has 15 heavy (non-hydrogen) atoms. The number of rotatable bonds is 0. The Kier molecular flexibility index (Phi) is 7.86. The van der Waals surface area contributed by atoms with E-state index >= 15 is 0 Å². The summed E-state index contributed by atoms with van der Waals surface area (Å²) in [4.78, 5) is 0. The second-order valence-corrected chi connectivity index (χ2v) is 3.15. The first-order chi connectivity index (χ1) is 6.79. The molecule has 0 saturated heterocycles. The van der Waals surface area contributed by atoms with Crippen molar-refractivity contribution in [1.29, 1.82) is 0 Å². The van der Waals surface area contributed by atoms with Gasteiger partial charge < -0.3 is 0 Å². The molecule has 2 aromatic carbocycles. The van der Waals surface area contributed by atoms with Crippen molar-refractivity contribution in [3.05, 3.63) is 71.8 Å². The maximum absolute atomic E-state index is 2.93. The normalized spacial score (nSPS) is 8.13. The topological polar surface area (TPSA) is 0 Å². The van der Waals surface area contributed by atoms with E-state index in [-0.39, 0.29) is 19.5 Å². The Hall–Kier alpha value is -0.937. The van der Waals surface area contributed by atoms with E-state index in [0.29, 0.717) is 0 Å². The Balaban J connectivity index is 0.000000245. The summed E-state index contributed by atoms with van der Waals surface area (Å²) in [7, 11) is 0. The molecule has 0 aliphatic heterocycles. The zero-order valence-electron chi connectivity index (χ0n) is 8.97. The molecular weight excluding hydrogens is 269 g/mol. The maximum atomic E-state index is 2.93. The van der Waals surface area contributed by atoms with Gasteiger partial charge in [-0.05, 0) is 0 Å². The molecule has 0 bridgehead atoms. The molecule has 0 saturated carbocycles. The Morgan fingerprint density at radius 1 is 0.667 bits per heavy atom. The predicted octanol–water partition coefficient (Wildman–Crippen LogP) is 3.59. The fourth-order valence-electron chi connectivity index (χ4n) is 0.940. The predicted molar refractivity (Wildman–Crippen MR) is 60.0 cm³/mol. The summed E-state index contributed by atoms with van der Waals surface area (Å²) < 4.78 is 0. The number of aryl methyl sites for hydroxylation is 2. The van der Waals surface area contributed by atoms with Gasteiger partial charge in [-0.25, -0.2) is 0 Å². The number of benzene rings is 2. The zero-order chi connectivity index (χ0) is 10.2. The van der Waals surface area contributed by atoms with Crippen LogP contribution in [0.4, 0.5) is 0 Å². The van der Waals surface area contributed by atoms with Crippen molar-refractivity contribution in [2.45, 2.75) is 13.8 Å². The van der Waals surface area contributed by atoms with Crippen LogP contribution >= 0.6 is 0 Å². The van der Waals surface area contributed by atoms with Crippen LogP contribution in [0.1, 0.15) is 11.1 Å². The van der Waals surface area contributed by atoms with Crippen molar-refractivity contribution >= 4 is 0 Å². The minimum Gasteiger partial charge on any atom is -0.184 e. The molecule has 2 rings (SSSR count). The van der Waals surface area contributed by atoms with Crippen LogP contribution < -0.4 is 0 Å². The Labute approximate surface area is 105 Å². The van der Waals surface area contributed by atoms with Crippen LogP contribution in [-0.4, -0.2) is 0 Å². The largest absolute Gasteiger partial charge is 2.00 e. The fraction of sp³-hybridized carbons (Fsp3) is 0.143. The standard InChI is InChI=1S/2C7H7.Ru/c2*1-7-5-3-2-4-6-7;/h2*3-6H,1H3;/q2*-1;+2. The molecule has 0 nitrogen and oxygen atoms in total. The molecule has 2 aromatic rings. The van der Waals surface area contributed by atoms with Crippen LogP contribution in [0, 0.1) is 26.0 Å². The maximum Gasteiger partial charge on any atom is 2.00 e. The zero-order valence-corrected chi connectivity index (χ0v) is 10.7. The molecule has 78 valence electrons. The third kappa shape index (κ3) is 7.05. The Morgan fingerprint density at radius 2 is 0.933 bits per heavy atom. The van der Waals surface area contributed by atoms with Crippen molar-refractivity contribution in [1.82, 2.24) is 0 Å². The number of hydrogen-bond acceptors (Lipinski definition) is 0. The summed E-state index contributed by atoms with van der Waals surface area (Å²) >= 11 is 0. The first kappa shape index (κ1) is 14.1. The second kappa shape index (κ2) is 8.38. The van der Waals surface area contributed by atoms with E-state index in [0.717, 1.165) is 0 Å². The molecule has 0 aliphatic carbocycles. The average Bonchev–Trinajstić information content (AvgIpc) is 2.21. The molecule has 0 heterocycles. The Morgan fingerprint density at radius 3 is 1.07 bits per heavy atom. The molecule has 0 aliphatic rings. The van der Waals surface area contributed by atoms with Gasteiger partial charge in [0.1, 0.15) is 0 Å². The van der Waals surface area contributed by atoms with Crippen LogP contribution in [-0.2, 0) is 19.5 Å². The molecule has 0 unspecified atom stereocenters. The summed E-state index contributed by atoms with van der Waals surface area (Å²) in [5, 5.41) is 0. The second-order valence-electron chi connectivity index (χ2n) is 3.15. The molecule has 0 aromatic heterocycles. The van der Waals surface area contributed by atoms with Crippen molar-refractivity contribution in [2.24, 2.45) is 0 Å². The summed E-state index contributed by atoms with van der Waals surface area (Å²) in [5.41, 5.74) is 2.58. The van der Waals surface area contributed by atoms with Crippen LogP contribution in [0.2, 0.25) is 0 Å². The van der Waals surface area contributed by atoms with Gasteiger partial charge in [0.2, 0.25) is 0 Å². The van der Waals surface area contributed by atoms with E-state index in [1.54, 1.807) is 0 Å². The molecule has 0 fully saturated rings. The molecule has 0 radical (unpaired) electrons. The van der Waals surface area contributed by atoms with Gasteiger partial charge in [-0.1, -0.05) is 13.8 Å². The summed E-state index contributed by atoms with van der Waals surface area (Å²) in [6, 6.07) is 21.6. The Bertz CT molecular complexity index is 303. The van der Waals surface area contributed by atoms with Crippen molar-refractivity contribution in [2.75, 3.05) is 0 Å². The van der Waals surface area contributed by atoms with Crippen LogP contribution in [0.25, 0.3) is 0 Å². The first-order valence-corrected chi connectivity index (χ1v) is 4.64. The molecule has 0 spiro atoms. The van der Waals surface area contributed by atoms with E-state index in [9.17, 15) is 0 Å². The van der Waals surface area contributed by atoms with Gasteiger partial charge in [0.25, 0.3) is 0 Å². The van der Waals surface area contributed by atoms with Gasteiger partial charge in [0.15, 0.2) is 0 Å². The molecular formula is C14H14Ru. The van der Waals surface area contributed by atoms with Gasteiger partial charge in [-0.15, -0.1) is 0 Å². The van der Waals surface area contributed by atoms with Crippen LogP contribution in [0.5, 0.6) is 0 Å². The van der Waals surface area contributed by atoms with Gasteiger partial charge in [-0.3, -0.25) is 0 Å². The van der Waals surface area contributed by atoms with E-state index in [4.69, 9.17) is 0 Å². The van der Waals surface area contributed by atoms with E-state index in [2.05, 4.69) is 26.0 Å². The minimum absolute atomic E-state index is 0. The van der Waals surface area contributed by atoms with E-state index in [1.807, 2.05) is 48.5 Å². The molecule has 0 N–H and O–H groups in total. The van der Waals surface area contributed by atoms with Crippen molar-refractivity contribution in [3.8, 4) is 0 Å². The number of hydrogen-bond donors (Lipinski definition) is 0. The van der Waals surface area contributed by atoms with Gasteiger partial charge in [0.05, 0.1) is 0 Å². The van der Waals surface area contributed by atoms with Gasteiger partial charge in [-0.2, -0.15) is 71.8 Å². The molecule has 0 atom stereocenters.